The second-order valence-corrected chi connectivity index (χ2v) is 4.71. The molecule has 0 aromatic carbocycles. The van der Waals surface area contributed by atoms with Gasteiger partial charge < -0.3 is 4.90 Å². The third-order valence-corrected chi connectivity index (χ3v) is 3.74. The van der Waals surface area contributed by atoms with E-state index in [1.54, 1.807) is 0 Å². The Morgan fingerprint density at radius 3 is 2.25 bits per heavy atom. The summed E-state index contributed by atoms with van der Waals surface area (Å²) in [6.45, 7) is 2.73. The van der Waals surface area contributed by atoms with Crippen LogP contribution in [0.25, 0.3) is 0 Å². The van der Waals surface area contributed by atoms with Crippen molar-refractivity contribution in [3.63, 3.8) is 0 Å². The molecule has 70 valence electrons. The van der Waals surface area contributed by atoms with Crippen LogP contribution in [0.1, 0.15) is 38.5 Å². The first-order chi connectivity index (χ1) is 5.86. The molecule has 0 aromatic rings. The Bertz CT molecular complexity index is 135. The van der Waals surface area contributed by atoms with Crippen LogP contribution in [0.15, 0.2) is 0 Å². The summed E-state index contributed by atoms with van der Waals surface area (Å²) in [6, 6.07) is 0. The maximum Gasteiger partial charge on any atom is 0.000973 e. The molecule has 1 nitrogen and oxygen atoms in total. The van der Waals surface area contributed by atoms with E-state index in [9.17, 15) is 0 Å². The Morgan fingerprint density at radius 1 is 0.917 bits per heavy atom. The van der Waals surface area contributed by atoms with Crippen LogP contribution < -0.4 is 0 Å². The summed E-state index contributed by atoms with van der Waals surface area (Å²) in [5.74, 6) is 2.14. The summed E-state index contributed by atoms with van der Waals surface area (Å²) in [4.78, 5) is 2.50. The SMILES string of the molecule is CN1CCC(C2CCCCC2)C1. The second kappa shape index (κ2) is 3.78. The average molecular weight is 167 g/mol. The van der Waals surface area contributed by atoms with Gasteiger partial charge in [-0.15, -0.1) is 0 Å². The highest BCUT2D eigenvalue weighted by molar-refractivity contribution is 4.81. The van der Waals surface area contributed by atoms with Crippen molar-refractivity contribution in [1.29, 1.82) is 0 Å². The normalized spacial score (nSPS) is 34.2. The zero-order valence-electron chi connectivity index (χ0n) is 8.26. The van der Waals surface area contributed by atoms with E-state index in [1.165, 1.54) is 51.6 Å². The van der Waals surface area contributed by atoms with Crippen molar-refractivity contribution in [1.82, 2.24) is 4.90 Å². The maximum absolute atomic E-state index is 2.50. The highest BCUT2D eigenvalue weighted by Crippen LogP contribution is 2.34. The second-order valence-electron chi connectivity index (χ2n) is 4.71. The van der Waals surface area contributed by atoms with Crippen molar-refractivity contribution in [2.75, 3.05) is 20.1 Å². The van der Waals surface area contributed by atoms with E-state index in [2.05, 4.69) is 11.9 Å². The van der Waals surface area contributed by atoms with E-state index in [1.807, 2.05) is 0 Å². The van der Waals surface area contributed by atoms with Gasteiger partial charge >= 0.3 is 0 Å². The highest BCUT2D eigenvalue weighted by Gasteiger charge is 2.28. The van der Waals surface area contributed by atoms with Crippen LogP contribution in [-0.2, 0) is 0 Å². The standard InChI is InChI=1S/C11H21N/c1-12-8-7-11(9-12)10-5-3-2-4-6-10/h10-11H,2-9H2,1H3. The predicted octanol–water partition coefficient (Wildman–Crippen LogP) is 2.52. The van der Waals surface area contributed by atoms with Crippen molar-refractivity contribution in [3.05, 3.63) is 0 Å². The maximum atomic E-state index is 2.50. The molecule has 2 fully saturated rings. The number of hydrogen-bond donors (Lipinski definition) is 0. The molecule has 1 atom stereocenters. The van der Waals surface area contributed by atoms with Gasteiger partial charge in [0.25, 0.3) is 0 Å². The Morgan fingerprint density at radius 2 is 1.67 bits per heavy atom. The third kappa shape index (κ3) is 1.82. The molecule has 1 saturated heterocycles. The first kappa shape index (κ1) is 8.55. The Hall–Kier alpha value is -0.0400. The molecule has 12 heavy (non-hydrogen) atoms. The predicted molar refractivity (Wildman–Crippen MR) is 52.2 cm³/mol. The molecule has 0 amide bonds. The van der Waals surface area contributed by atoms with Crippen molar-refractivity contribution in [2.45, 2.75) is 38.5 Å². The summed E-state index contributed by atoms with van der Waals surface area (Å²) in [6.07, 6.45) is 9.03. The Labute approximate surface area is 76.1 Å². The lowest BCUT2D eigenvalue weighted by atomic mass is 9.80. The molecule has 1 aliphatic carbocycles. The molecule has 1 aliphatic heterocycles. The van der Waals surface area contributed by atoms with Crippen LogP contribution in [0, 0.1) is 11.8 Å². The van der Waals surface area contributed by atoms with Crippen molar-refractivity contribution < 1.29 is 0 Å². The fraction of sp³-hybridized carbons (Fsp3) is 1.00. The molecule has 2 rings (SSSR count). The molecule has 0 aromatic heterocycles. The van der Waals surface area contributed by atoms with E-state index in [0.717, 1.165) is 11.8 Å². The summed E-state index contributed by atoms with van der Waals surface area (Å²) in [5.41, 5.74) is 0. The third-order valence-electron chi connectivity index (χ3n) is 3.74. The molecule has 0 radical (unpaired) electrons. The monoisotopic (exact) mass is 167 g/mol. The summed E-state index contributed by atoms with van der Waals surface area (Å²) in [7, 11) is 2.27. The van der Waals surface area contributed by atoms with Crippen LogP contribution in [-0.4, -0.2) is 25.0 Å². The lowest BCUT2D eigenvalue weighted by molar-refractivity contribution is 0.247. The molecular weight excluding hydrogens is 146 g/mol. The van der Waals surface area contributed by atoms with Crippen molar-refractivity contribution in [3.8, 4) is 0 Å². The van der Waals surface area contributed by atoms with Gasteiger partial charge in [-0.05, 0) is 31.8 Å². The smallest absolute Gasteiger partial charge is 0.000973 e. The van der Waals surface area contributed by atoms with Crippen LogP contribution in [0.3, 0.4) is 0 Å². The minimum absolute atomic E-state index is 1.05. The lowest BCUT2D eigenvalue weighted by Gasteiger charge is -2.27. The van der Waals surface area contributed by atoms with Crippen LogP contribution in [0.5, 0.6) is 0 Å². The number of likely N-dealkylation sites (tertiary alicyclic amines) is 1. The van der Waals surface area contributed by atoms with Crippen LogP contribution in [0.2, 0.25) is 0 Å². The largest absolute Gasteiger partial charge is 0.306 e. The van der Waals surface area contributed by atoms with E-state index < -0.39 is 0 Å². The quantitative estimate of drug-likeness (QED) is 0.580. The van der Waals surface area contributed by atoms with E-state index in [4.69, 9.17) is 0 Å². The zero-order valence-corrected chi connectivity index (χ0v) is 8.26. The first-order valence-electron chi connectivity index (χ1n) is 5.55. The molecule has 1 heterocycles. The van der Waals surface area contributed by atoms with Gasteiger partial charge in [0.15, 0.2) is 0 Å². The fourth-order valence-electron chi connectivity index (χ4n) is 2.96. The Balaban J connectivity index is 1.83. The van der Waals surface area contributed by atoms with Gasteiger partial charge in [-0.1, -0.05) is 32.1 Å². The summed E-state index contributed by atoms with van der Waals surface area (Å²) < 4.78 is 0. The van der Waals surface area contributed by atoms with Crippen molar-refractivity contribution in [2.24, 2.45) is 11.8 Å². The summed E-state index contributed by atoms with van der Waals surface area (Å²) in [5, 5.41) is 0. The minimum atomic E-state index is 1.05. The van der Waals surface area contributed by atoms with Gasteiger partial charge in [-0.25, -0.2) is 0 Å². The number of nitrogens with zero attached hydrogens (tertiary/aromatic N) is 1. The molecule has 0 N–H and O–H groups in total. The number of rotatable bonds is 1. The first-order valence-corrected chi connectivity index (χ1v) is 5.55. The van der Waals surface area contributed by atoms with E-state index in [0.29, 0.717) is 0 Å². The number of hydrogen-bond acceptors (Lipinski definition) is 1. The molecule has 0 bridgehead atoms. The fourth-order valence-corrected chi connectivity index (χ4v) is 2.96. The molecule has 1 saturated carbocycles. The minimum Gasteiger partial charge on any atom is -0.306 e. The van der Waals surface area contributed by atoms with Crippen LogP contribution >= 0.6 is 0 Å². The molecule has 1 unspecified atom stereocenters. The molecule has 1 heteroatoms. The van der Waals surface area contributed by atoms with E-state index in [-0.39, 0.29) is 0 Å². The van der Waals surface area contributed by atoms with Gasteiger partial charge in [-0.3, -0.25) is 0 Å². The van der Waals surface area contributed by atoms with Gasteiger partial charge in [0.2, 0.25) is 0 Å². The molecular formula is C11H21N. The van der Waals surface area contributed by atoms with Crippen molar-refractivity contribution >= 4 is 0 Å². The molecule has 2 aliphatic rings. The van der Waals surface area contributed by atoms with Gasteiger partial charge in [0, 0.05) is 6.54 Å². The van der Waals surface area contributed by atoms with Crippen LogP contribution in [0.4, 0.5) is 0 Å². The lowest BCUT2D eigenvalue weighted by Crippen LogP contribution is -2.21. The zero-order chi connectivity index (χ0) is 8.39. The van der Waals surface area contributed by atoms with Gasteiger partial charge in [-0.2, -0.15) is 0 Å². The van der Waals surface area contributed by atoms with E-state index >= 15 is 0 Å². The highest BCUT2D eigenvalue weighted by atomic mass is 15.1. The molecule has 0 spiro atoms. The topological polar surface area (TPSA) is 3.24 Å². The van der Waals surface area contributed by atoms with Gasteiger partial charge in [0.05, 0.1) is 0 Å². The van der Waals surface area contributed by atoms with Gasteiger partial charge in [0.1, 0.15) is 0 Å². The summed E-state index contributed by atoms with van der Waals surface area (Å²) >= 11 is 0. The Kier molecular flexibility index (Phi) is 2.69. The average Bonchev–Trinajstić information content (AvgIpc) is 2.54.